The van der Waals surface area contributed by atoms with Crippen molar-refractivity contribution in [3.05, 3.63) is 18.1 Å². The number of aryl methyl sites for hydroxylation is 2. The van der Waals surface area contributed by atoms with Crippen molar-refractivity contribution in [1.82, 2.24) is 14.5 Å². The summed E-state index contributed by atoms with van der Waals surface area (Å²) in [6.45, 7) is 1.89. The molecule has 0 aromatic carbocycles. The molecular formula is C8H10N4. The largest absolute Gasteiger partial charge is 0.397 e. The minimum absolute atomic E-state index is 0.696. The number of nitrogens with two attached hydrogens (primary N) is 1. The lowest BCUT2D eigenvalue weighted by molar-refractivity contribution is 0.927. The topological polar surface area (TPSA) is 56.7 Å². The number of nitrogen functional groups attached to an aromatic ring is 1. The second kappa shape index (κ2) is 2.20. The average Bonchev–Trinajstić information content (AvgIpc) is 2.35. The maximum absolute atomic E-state index is 5.68. The second-order valence-electron chi connectivity index (χ2n) is 2.86. The van der Waals surface area contributed by atoms with Gasteiger partial charge in [-0.15, -0.1) is 0 Å². The summed E-state index contributed by atoms with van der Waals surface area (Å²) in [7, 11) is 1.91. The van der Waals surface area contributed by atoms with Gasteiger partial charge in [0, 0.05) is 7.05 Å². The highest BCUT2D eigenvalue weighted by atomic mass is 15.1. The van der Waals surface area contributed by atoms with Gasteiger partial charge in [0.05, 0.1) is 17.7 Å². The van der Waals surface area contributed by atoms with Crippen LogP contribution in [0.15, 0.2) is 12.4 Å². The van der Waals surface area contributed by atoms with Crippen LogP contribution in [-0.2, 0) is 7.05 Å². The van der Waals surface area contributed by atoms with Gasteiger partial charge >= 0.3 is 0 Å². The van der Waals surface area contributed by atoms with Crippen LogP contribution in [-0.4, -0.2) is 14.5 Å². The number of hydrogen-bond acceptors (Lipinski definition) is 3. The maximum Gasteiger partial charge on any atom is 0.159 e. The van der Waals surface area contributed by atoms with E-state index in [1.807, 2.05) is 24.6 Å². The molecule has 2 aromatic heterocycles. The molecule has 0 radical (unpaired) electrons. The Balaban J connectivity index is 2.87. The number of nitrogens with zero attached hydrogens (tertiary/aromatic N) is 3. The van der Waals surface area contributed by atoms with Gasteiger partial charge in [0.1, 0.15) is 5.52 Å². The third kappa shape index (κ3) is 0.845. The van der Waals surface area contributed by atoms with Gasteiger partial charge in [-0.05, 0) is 13.0 Å². The molecule has 2 aromatic rings. The summed E-state index contributed by atoms with van der Waals surface area (Å²) in [6, 6.07) is 1.84. The monoisotopic (exact) mass is 162 g/mol. The van der Waals surface area contributed by atoms with Gasteiger partial charge < -0.3 is 10.3 Å². The lowest BCUT2D eigenvalue weighted by Crippen LogP contribution is -1.95. The number of fused-ring (bicyclic) bond motifs is 1. The molecule has 0 fully saturated rings. The Bertz CT molecular complexity index is 430. The van der Waals surface area contributed by atoms with Crippen molar-refractivity contribution in [1.29, 1.82) is 0 Å². The first kappa shape index (κ1) is 7.09. The first-order chi connectivity index (χ1) is 5.68. The molecule has 2 heterocycles. The van der Waals surface area contributed by atoms with Gasteiger partial charge in [-0.2, -0.15) is 0 Å². The van der Waals surface area contributed by atoms with Crippen molar-refractivity contribution in [2.75, 3.05) is 5.73 Å². The van der Waals surface area contributed by atoms with Crippen molar-refractivity contribution >= 4 is 16.9 Å². The number of aromatic nitrogens is 3. The smallest absolute Gasteiger partial charge is 0.159 e. The van der Waals surface area contributed by atoms with E-state index in [0.29, 0.717) is 5.69 Å². The normalized spacial score (nSPS) is 10.8. The van der Waals surface area contributed by atoms with Gasteiger partial charge in [-0.25, -0.2) is 9.97 Å². The van der Waals surface area contributed by atoms with E-state index in [0.717, 1.165) is 16.9 Å². The first-order valence-corrected chi connectivity index (χ1v) is 3.72. The molecule has 2 rings (SSSR count). The number of rotatable bonds is 0. The van der Waals surface area contributed by atoms with E-state index in [-0.39, 0.29) is 0 Å². The Morgan fingerprint density at radius 2 is 2.25 bits per heavy atom. The van der Waals surface area contributed by atoms with Crippen LogP contribution in [0.3, 0.4) is 0 Å². The van der Waals surface area contributed by atoms with Crippen LogP contribution in [0.1, 0.15) is 5.69 Å². The molecule has 62 valence electrons. The molecule has 0 spiro atoms. The van der Waals surface area contributed by atoms with Crippen LogP contribution in [0.25, 0.3) is 11.2 Å². The van der Waals surface area contributed by atoms with Gasteiger partial charge in [0.15, 0.2) is 5.65 Å². The summed E-state index contributed by atoms with van der Waals surface area (Å²) >= 11 is 0. The summed E-state index contributed by atoms with van der Waals surface area (Å²) in [6.07, 6.45) is 1.73. The molecule has 0 aliphatic carbocycles. The highest BCUT2D eigenvalue weighted by Crippen LogP contribution is 2.15. The van der Waals surface area contributed by atoms with E-state index < -0.39 is 0 Å². The summed E-state index contributed by atoms with van der Waals surface area (Å²) < 4.78 is 1.88. The number of imidazole rings is 1. The Morgan fingerprint density at radius 1 is 1.50 bits per heavy atom. The molecule has 0 atom stereocenters. The predicted molar refractivity (Wildman–Crippen MR) is 47.7 cm³/mol. The van der Waals surface area contributed by atoms with E-state index in [1.54, 1.807) is 6.33 Å². The molecule has 4 heteroatoms. The van der Waals surface area contributed by atoms with E-state index in [1.165, 1.54) is 0 Å². The second-order valence-corrected chi connectivity index (χ2v) is 2.86. The Kier molecular flexibility index (Phi) is 1.30. The minimum Gasteiger partial charge on any atom is -0.397 e. The zero-order valence-corrected chi connectivity index (χ0v) is 7.07. The van der Waals surface area contributed by atoms with Crippen LogP contribution in [0.4, 0.5) is 5.69 Å². The fourth-order valence-electron chi connectivity index (χ4n) is 1.16. The molecule has 4 nitrogen and oxygen atoms in total. The summed E-state index contributed by atoms with van der Waals surface area (Å²) in [5.74, 6) is 0. The quantitative estimate of drug-likeness (QED) is 0.625. The van der Waals surface area contributed by atoms with Gasteiger partial charge in [0.2, 0.25) is 0 Å². The molecular weight excluding hydrogens is 152 g/mol. The molecule has 0 amide bonds. The molecule has 0 unspecified atom stereocenters. The summed E-state index contributed by atoms with van der Waals surface area (Å²) in [5.41, 5.74) is 8.96. The molecule has 2 N–H and O–H groups in total. The molecule has 0 bridgehead atoms. The van der Waals surface area contributed by atoms with Crippen LogP contribution in [0.2, 0.25) is 0 Å². The van der Waals surface area contributed by atoms with Crippen molar-refractivity contribution in [3.63, 3.8) is 0 Å². The zero-order valence-electron chi connectivity index (χ0n) is 7.07. The van der Waals surface area contributed by atoms with E-state index in [2.05, 4.69) is 9.97 Å². The average molecular weight is 162 g/mol. The number of pyridine rings is 1. The van der Waals surface area contributed by atoms with Gasteiger partial charge in [-0.3, -0.25) is 0 Å². The maximum atomic E-state index is 5.68. The lowest BCUT2D eigenvalue weighted by atomic mass is 10.3. The van der Waals surface area contributed by atoms with Crippen molar-refractivity contribution in [2.24, 2.45) is 7.05 Å². The third-order valence-corrected chi connectivity index (χ3v) is 1.92. The Hall–Kier alpha value is -1.58. The standard InChI is InChI=1S/C8H10N4/c1-5-6(9)3-7-8(11-5)12(2)4-10-7/h3-4H,9H2,1-2H3. The molecule has 12 heavy (non-hydrogen) atoms. The third-order valence-electron chi connectivity index (χ3n) is 1.92. The summed E-state index contributed by atoms with van der Waals surface area (Å²) in [4.78, 5) is 8.45. The fraction of sp³-hybridized carbons (Fsp3) is 0.250. The van der Waals surface area contributed by atoms with Gasteiger partial charge in [0.25, 0.3) is 0 Å². The first-order valence-electron chi connectivity index (χ1n) is 3.72. The van der Waals surface area contributed by atoms with Crippen molar-refractivity contribution < 1.29 is 0 Å². The van der Waals surface area contributed by atoms with Crippen LogP contribution < -0.4 is 5.73 Å². The number of anilines is 1. The Labute approximate surface area is 70.0 Å². The van der Waals surface area contributed by atoms with E-state index in [4.69, 9.17) is 5.73 Å². The minimum atomic E-state index is 0.696. The SMILES string of the molecule is Cc1nc2c(cc1N)ncn2C. The molecule has 0 aliphatic rings. The Morgan fingerprint density at radius 3 is 3.00 bits per heavy atom. The van der Waals surface area contributed by atoms with Crippen LogP contribution >= 0.6 is 0 Å². The fourth-order valence-corrected chi connectivity index (χ4v) is 1.16. The van der Waals surface area contributed by atoms with Crippen molar-refractivity contribution in [2.45, 2.75) is 6.92 Å². The van der Waals surface area contributed by atoms with Crippen molar-refractivity contribution in [3.8, 4) is 0 Å². The highest BCUT2D eigenvalue weighted by Gasteiger charge is 2.03. The van der Waals surface area contributed by atoms with E-state index in [9.17, 15) is 0 Å². The predicted octanol–water partition coefficient (Wildman–Crippen LogP) is 0.859. The molecule has 0 aliphatic heterocycles. The van der Waals surface area contributed by atoms with Crippen LogP contribution in [0.5, 0.6) is 0 Å². The summed E-state index contributed by atoms with van der Waals surface area (Å²) in [5, 5.41) is 0. The van der Waals surface area contributed by atoms with E-state index >= 15 is 0 Å². The van der Waals surface area contributed by atoms with Crippen LogP contribution in [0, 0.1) is 6.92 Å². The zero-order chi connectivity index (χ0) is 8.72. The van der Waals surface area contributed by atoms with Gasteiger partial charge in [-0.1, -0.05) is 0 Å². The molecule has 0 saturated carbocycles. The number of hydrogen-bond donors (Lipinski definition) is 1. The lowest BCUT2D eigenvalue weighted by Gasteiger charge is -1.98. The highest BCUT2D eigenvalue weighted by molar-refractivity contribution is 5.75. The molecule has 0 saturated heterocycles.